The fourth-order valence-corrected chi connectivity index (χ4v) is 2.60. The van der Waals surface area contributed by atoms with Crippen LogP contribution in [0.2, 0.25) is 0 Å². The van der Waals surface area contributed by atoms with Gasteiger partial charge in [-0.2, -0.15) is 0 Å². The lowest BCUT2D eigenvalue weighted by Crippen LogP contribution is -2.24. The average molecular weight is 311 g/mol. The largest absolute Gasteiger partial charge is 0.493 e. The number of carbonyl (C=O) groups is 1. The second kappa shape index (κ2) is 6.65. The van der Waals surface area contributed by atoms with Crippen LogP contribution >= 0.6 is 0 Å². The first kappa shape index (κ1) is 15.3. The van der Waals surface area contributed by atoms with Crippen molar-refractivity contribution in [1.29, 1.82) is 0 Å². The monoisotopic (exact) mass is 311 g/mol. The Kier molecular flexibility index (Phi) is 4.42. The van der Waals surface area contributed by atoms with Crippen LogP contribution in [0, 0.1) is 5.82 Å². The lowest BCUT2D eigenvalue weighted by molar-refractivity contribution is -0.117. The van der Waals surface area contributed by atoms with Crippen molar-refractivity contribution in [2.75, 3.05) is 6.61 Å². The summed E-state index contributed by atoms with van der Waals surface area (Å²) in [6.07, 6.45) is 3.92. The van der Waals surface area contributed by atoms with Gasteiger partial charge < -0.3 is 10.1 Å². The fraction of sp³-hybridized carbons (Fsp3) is 0.211. The number of ether oxygens (including phenoxy) is 1. The molecular formula is C19H18FNO2. The number of carbonyl (C=O) groups excluding carboxylic acids is 1. The maximum atomic E-state index is 13.1. The molecule has 1 aliphatic rings. The minimum Gasteiger partial charge on any atom is -0.493 e. The average Bonchev–Trinajstić information content (AvgIpc) is 3.00. The van der Waals surface area contributed by atoms with E-state index in [1.807, 2.05) is 19.1 Å². The molecule has 118 valence electrons. The third-order valence-electron chi connectivity index (χ3n) is 3.85. The second-order valence-corrected chi connectivity index (χ2v) is 5.58. The Morgan fingerprint density at radius 1 is 1.30 bits per heavy atom. The third-order valence-corrected chi connectivity index (χ3v) is 3.85. The van der Waals surface area contributed by atoms with E-state index >= 15 is 0 Å². The van der Waals surface area contributed by atoms with Crippen LogP contribution in [-0.4, -0.2) is 12.5 Å². The number of rotatable bonds is 4. The van der Waals surface area contributed by atoms with E-state index in [-0.39, 0.29) is 17.8 Å². The van der Waals surface area contributed by atoms with Gasteiger partial charge in [-0.1, -0.05) is 18.2 Å². The van der Waals surface area contributed by atoms with Crippen LogP contribution in [0.25, 0.3) is 6.08 Å². The summed E-state index contributed by atoms with van der Waals surface area (Å²) in [5, 5.41) is 2.91. The van der Waals surface area contributed by atoms with E-state index in [2.05, 4.69) is 11.4 Å². The zero-order chi connectivity index (χ0) is 16.2. The maximum absolute atomic E-state index is 13.1. The van der Waals surface area contributed by atoms with Crippen molar-refractivity contribution < 1.29 is 13.9 Å². The van der Waals surface area contributed by atoms with Gasteiger partial charge in [0.15, 0.2) is 0 Å². The lowest BCUT2D eigenvalue weighted by atomic mass is 10.0. The molecule has 2 aromatic rings. The van der Waals surface area contributed by atoms with Crippen molar-refractivity contribution >= 4 is 12.0 Å². The molecule has 0 aromatic heterocycles. The Bertz CT molecular complexity index is 755. The molecule has 1 heterocycles. The van der Waals surface area contributed by atoms with Gasteiger partial charge in [0.25, 0.3) is 0 Å². The molecule has 4 heteroatoms. The topological polar surface area (TPSA) is 38.3 Å². The summed E-state index contributed by atoms with van der Waals surface area (Å²) in [5.41, 5.74) is 2.88. The predicted octanol–water partition coefficient (Wildman–Crippen LogP) is 3.65. The van der Waals surface area contributed by atoms with E-state index in [1.54, 1.807) is 18.2 Å². The van der Waals surface area contributed by atoms with Crippen molar-refractivity contribution in [1.82, 2.24) is 5.32 Å². The molecule has 1 atom stereocenters. The normalized spacial score (nSPS) is 14.3. The van der Waals surface area contributed by atoms with E-state index in [0.29, 0.717) is 5.56 Å². The Balaban J connectivity index is 1.63. The quantitative estimate of drug-likeness (QED) is 0.875. The Labute approximate surface area is 134 Å². The van der Waals surface area contributed by atoms with E-state index in [0.717, 1.165) is 24.3 Å². The van der Waals surface area contributed by atoms with Crippen molar-refractivity contribution in [3.8, 4) is 5.75 Å². The van der Waals surface area contributed by atoms with Crippen LogP contribution in [0.15, 0.2) is 48.5 Å². The summed E-state index contributed by atoms with van der Waals surface area (Å²) in [6.45, 7) is 2.65. The van der Waals surface area contributed by atoms with Gasteiger partial charge in [0, 0.05) is 12.5 Å². The van der Waals surface area contributed by atoms with Crippen molar-refractivity contribution in [3.05, 3.63) is 71.0 Å². The second-order valence-electron chi connectivity index (χ2n) is 5.58. The Morgan fingerprint density at radius 2 is 2.17 bits per heavy atom. The van der Waals surface area contributed by atoms with Gasteiger partial charge in [0.1, 0.15) is 11.6 Å². The van der Waals surface area contributed by atoms with Gasteiger partial charge in [-0.15, -0.1) is 0 Å². The first-order chi connectivity index (χ1) is 11.1. The first-order valence-electron chi connectivity index (χ1n) is 7.61. The lowest BCUT2D eigenvalue weighted by Gasteiger charge is -2.14. The Morgan fingerprint density at radius 3 is 3.00 bits per heavy atom. The molecule has 2 aromatic carbocycles. The number of halogens is 1. The molecule has 3 nitrogen and oxygen atoms in total. The molecule has 0 radical (unpaired) electrons. The smallest absolute Gasteiger partial charge is 0.244 e. The minimum atomic E-state index is -0.318. The highest BCUT2D eigenvalue weighted by atomic mass is 19.1. The summed E-state index contributed by atoms with van der Waals surface area (Å²) in [6, 6.07) is 12.0. The summed E-state index contributed by atoms with van der Waals surface area (Å²) < 4.78 is 18.6. The molecule has 1 unspecified atom stereocenters. The number of hydrogen-bond donors (Lipinski definition) is 1. The molecule has 0 spiro atoms. The molecular weight excluding hydrogens is 293 g/mol. The number of fused-ring (bicyclic) bond motifs is 1. The van der Waals surface area contributed by atoms with Crippen molar-refractivity contribution in [2.24, 2.45) is 0 Å². The standard InChI is InChI=1S/C19H18FNO2/c1-13(15-6-7-18-16(12-15)9-10-23-18)21-19(22)8-5-14-3-2-4-17(20)11-14/h2-8,11-13H,9-10H2,1H3,(H,21,22)/b8-5+. The third kappa shape index (κ3) is 3.77. The van der Waals surface area contributed by atoms with Gasteiger partial charge in [-0.3, -0.25) is 4.79 Å². The predicted molar refractivity (Wildman–Crippen MR) is 87.6 cm³/mol. The van der Waals surface area contributed by atoms with Gasteiger partial charge in [-0.05, 0) is 54.0 Å². The minimum absolute atomic E-state index is 0.106. The van der Waals surface area contributed by atoms with Gasteiger partial charge >= 0.3 is 0 Å². The van der Waals surface area contributed by atoms with Crippen molar-refractivity contribution in [2.45, 2.75) is 19.4 Å². The zero-order valence-corrected chi connectivity index (χ0v) is 12.9. The molecule has 0 aliphatic carbocycles. The molecule has 0 saturated heterocycles. The number of benzene rings is 2. The molecule has 23 heavy (non-hydrogen) atoms. The van der Waals surface area contributed by atoms with Crippen LogP contribution in [0.5, 0.6) is 5.75 Å². The molecule has 3 rings (SSSR count). The molecule has 1 amide bonds. The molecule has 1 aliphatic heterocycles. The van der Waals surface area contributed by atoms with Gasteiger partial charge in [0.2, 0.25) is 5.91 Å². The molecule has 0 saturated carbocycles. The number of amides is 1. The molecule has 1 N–H and O–H groups in total. The van der Waals surface area contributed by atoms with Crippen molar-refractivity contribution in [3.63, 3.8) is 0 Å². The fourth-order valence-electron chi connectivity index (χ4n) is 2.60. The first-order valence-corrected chi connectivity index (χ1v) is 7.61. The van der Waals surface area contributed by atoms with Crippen LogP contribution in [0.1, 0.15) is 29.7 Å². The summed E-state index contributed by atoms with van der Waals surface area (Å²) in [5.74, 6) is 0.401. The van der Waals surface area contributed by atoms with Crippen LogP contribution < -0.4 is 10.1 Å². The highest BCUT2D eigenvalue weighted by Gasteiger charge is 2.15. The van der Waals surface area contributed by atoms with Gasteiger partial charge in [-0.25, -0.2) is 4.39 Å². The van der Waals surface area contributed by atoms with Gasteiger partial charge in [0.05, 0.1) is 12.6 Å². The zero-order valence-electron chi connectivity index (χ0n) is 12.9. The van der Waals surface area contributed by atoms with E-state index in [1.165, 1.54) is 23.8 Å². The van der Waals surface area contributed by atoms with E-state index < -0.39 is 0 Å². The SMILES string of the molecule is CC(NC(=O)/C=C/c1cccc(F)c1)c1ccc2c(c1)CCO2. The maximum Gasteiger partial charge on any atom is 0.244 e. The van der Waals surface area contributed by atoms with Crippen LogP contribution in [0.3, 0.4) is 0 Å². The van der Waals surface area contributed by atoms with Crippen LogP contribution in [-0.2, 0) is 11.2 Å². The van der Waals surface area contributed by atoms with E-state index in [9.17, 15) is 9.18 Å². The Hall–Kier alpha value is -2.62. The highest BCUT2D eigenvalue weighted by Crippen LogP contribution is 2.28. The summed E-state index contributed by atoms with van der Waals surface area (Å²) >= 11 is 0. The number of hydrogen-bond acceptors (Lipinski definition) is 2. The summed E-state index contributed by atoms with van der Waals surface area (Å²) in [4.78, 5) is 12.0. The molecule has 0 bridgehead atoms. The summed E-state index contributed by atoms with van der Waals surface area (Å²) in [7, 11) is 0. The van der Waals surface area contributed by atoms with Crippen LogP contribution in [0.4, 0.5) is 4.39 Å². The molecule has 0 fully saturated rings. The van der Waals surface area contributed by atoms with E-state index in [4.69, 9.17) is 4.74 Å². The number of nitrogens with one attached hydrogen (secondary N) is 1. The highest BCUT2D eigenvalue weighted by molar-refractivity contribution is 5.91.